The van der Waals surface area contributed by atoms with Crippen molar-refractivity contribution in [3.63, 3.8) is 0 Å². The summed E-state index contributed by atoms with van der Waals surface area (Å²) >= 11 is 0. The summed E-state index contributed by atoms with van der Waals surface area (Å²) in [5.74, 6) is 0.382. The van der Waals surface area contributed by atoms with Gasteiger partial charge in [0.25, 0.3) is 0 Å². The van der Waals surface area contributed by atoms with Crippen molar-refractivity contribution in [3.05, 3.63) is 54.6 Å². The number of allylic oxidation sites excluding steroid dienone is 2. The molecule has 1 aromatic heterocycles. The van der Waals surface area contributed by atoms with Crippen LogP contribution >= 0.6 is 0 Å². The van der Waals surface area contributed by atoms with E-state index in [9.17, 15) is 13.2 Å². The molecule has 3 aliphatic rings. The van der Waals surface area contributed by atoms with Gasteiger partial charge in [-0.1, -0.05) is 44.2 Å². The van der Waals surface area contributed by atoms with Crippen molar-refractivity contribution in [1.82, 2.24) is 4.72 Å². The summed E-state index contributed by atoms with van der Waals surface area (Å²) in [6, 6.07) is 12.6. The van der Waals surface area contributed by atoms with Crippen molar-refractivity contribution in [3.8, 4) is 0 Å². The first-order valence-corrected chi connectivity index (χ1v) is 14.0. The van der Waals surface area contributed by atoms with Crippen molar-refractivity contribution in [1.29, 1.82) is 0 Å². The standard InChI is InChI=1S/C28H33NO5S/c1-28(2)19-15-18(9-5-3-4-6-12-26(30)31)27(23(28)16-19)29-35(32,33)20-13-14-25-22(17-20)21-10-7-8-11-24(21)34-25/h3,5,7-8,10-11,13-14,17-19,23,27,29H,4,6,9,12,15-16H2,1-2H3,(H,30,31)/b5-3-/t18-,19-,23-,27+/m0/s1. The third kappa shape index (κ3) is 4.52. The second-order valence-corrected chi connectivity index (χ2v) is 12.5. The highest BCUT2D eigenvalue weighted by molar-refractivity contribution is 7.89. The number of sulfonamides is 1. The van der Waals surface area contributed by atoms with Crippen LogP contribution in [0.4, 0.5) is 0 Å². The summed E-state index contributed by atoms with van der Waals surface area (Å²) in [5.41, 5.74) is 1.55. The number of furan rings is 1. The number of para-hydroxylation sites is 1. The van der Waals surface area contributed by atoms with Gasteiger partial charge in [0, 0.05) is 23.2 Å². The Morgan fingerprint density at radius 3 is 2.66 bits per heavy atom. The van der Waals surface area contributed by atoms with E-state index in [2.05, 4.69) is 24.6 Å². The maximum absolute atomic E-state index is 13.6. The van der Waals surface area contributed by atoms with E-state index in [1.165, 1.54) is 0 Å². The van der Waals surface area contributed by atoms with Crippen molar-refractivity contribution in [2.75, 3.05) is 0 Å². The summed E-state index contributed by atoms with van der Waals surface area (Å²) in [5, 5.41) is 10.5. The molecule has 1 heterocycles. The topological polar surface area (TPSA) is 96.6 Å². The molecule has 6 rings (SSSR count). The van der Waals surface area contributed by atoms with Crippen LogP contribution < -0.4 is 4.72 Å². The maximum atomic E-state index is 13.6. The monoisotopic (exact) mass is 495 g/mol. The van der Waals surface area contributed by atoms with Crippen molar-refractivity contribution < 1.29 is 22.7 Å². The molecule has 7 heteroatoms. The van der Waals surface area contributed by atoms with Gasteiger partial charge < -0.3 is 9.52 Å². The molecular weight excluding hydrogens is 462 g/mol. The lowest BCUT2D eigenvalue weighted by atomic mass is 9.45. The van der Waals surface area contributed by atoms with Crippen molar-refractivity contribution >= 4 is 37.9 Å². The molecule has 2 aromatic carbocycles. The fraction of sp³-hybridized carbons (Fsp3) is 0.464. The summed E-state index contributed by atoms with van der Waals surface area (Å²) in [4.78, 5) is 11.0. The van der Waals surface area contributed by atoms with Crippen LogP contribution in [-0.2, 0) is 14.8 Å². The van der Waals surface area contributed by atoms with Crippen LogP contribution in [0.15, 0.2) is 63.9 Å². The molecule has 0 amide bonds. The Labute approximate surface area is 206 Å². The molecular formula is C28H33NO5S. The predicted molar refractivity (Wildman–Crippen MR) is 137 cm³/mol. The molecule has 2 bridgehead atoms. The fourth-order valence-electron chi connectivity index (χ4n) is 6.21. The van der Waals surface area contributed by atoms with E-state index in [-0.39, 0.29) is 28.7 Å². The fourth-order valence-corrected chi connectivity index (χ4v) is 7.58. The number of nitrogens with one attached hydrogen (secondary N) is 1. The zero-order valence-corrected chi connectivity index (χ0v) is 21.1. The number of carbonyl (C=O) groups is 1. The minimum Gasteiger partial charge on any atom is -0.481 e. The number of carboxylic acids is 1. The van der Waals surface area contributed by atoms with E-state index in [1.54, 1.807) is 18.2 Å². The summed E-state index contributed by atoms with van der Waals surface area (Å²) in [6.07, 6.45) is 8.53. The highest BCUT2D eigenvalue weighted by Crippen LogP contribution is 2.61. The third-order valence-electron chi connectivity index (χ3n) is 8.39. The van der Waals surface area contributed by atoms with Crippen LogP contribution in [-0.4, -0.2) is 25.5 Å². The SMILES string of the molecule is CC1(C)[C@H]2C[C@H](C/C=C\CCCC(=O)O)[C@@H](NS(=O)(=O)c3ccc4oc5ccccc5c4c3)[C@@H]1C2. The maximum Gasteiger partial charge on any atom is 0.303 e. The van der Waals surface area contributed by atoms with Gasteiger partial charge in [0.1, 0.15) is 11.2 Å². The summed E-state index contributed by atoms with van der Waals surface area (Å²) < 4.78 is 36.1. The number of rotatable bonds is 9. The normalized spacial score (nSPS) is 25.8. The molecule has 0 spiro atoms. The molecule has 0 aliphatic heterocycles. The largest absolute Gasteiger partial charge is 0.481 e. The predicted octanol–water partition coefficient (Wildman–Crippen LogP) is 6.12. The van der Waals surface area contributed by atoms with E-state index >= 15 is 0 Å². The van der Waals surface area contributed by atoms with E-state index in [0.717, 1.165) is 42.0 Å². The Kier molecular flexibility index (Phi) is 6.26. The van der Waals surface area contributed by atoms with E-state index in [4.69, 9.17) is 9.52 Å². The van der Waals surface area contributed by atoms with E-state index in [0.29, 0.717) is 23.8 Å². The summed E-state index contributed by atoms with van der Waals surface area (Å²) in [7, 11) is -3.72. The highest BCUT2D eigenvalue weighted by atomic mass is 32.2. The van der Waals surface area contributed by atoms with E-state index in [1.807, 2.05) is 30.3 Å². The average Bonchev–Trinajstić information content (AvgIpc) is 3.19. The van der Waals surface area contributed by atoms with E-state index < -0.39 is 16.0 Å². The van der Waals surface area contributed by atoms with Crippen molar-refractivity contribution in [2.45, 2.75) is 63.3 Å². The number of unbranched alkanes of at least 4 members (excludes halogenated alkanes) is 1. The number of hydrogen-bond donors (Lipinski definition) is 2. The first-order chi connectivity index (χ1) is 16.7. The lowest BCUT2D eigenvalue weighted by Crippen LogP contribution is -2.63. The van der Waals surface area contributed by atoms with Crippen LogP contribution in [0.2, 0.25) is 0 Å². The van der Waals surface area contributed by atoms with Crippen LogP contribution in [0.5, 0.6) is 0 Å². The quantitative estimate of drug-likeness (QED) is 0.275. The zero-order valence-electron chi connectivity index (χ0n) is 20.2. The molecule has 2 N–H and O–H groups in total. The van der Waals surface area contributed by atoms with Crippen LogP contribution in [0.1, 0.15) is 52.4 Å². The van der Waals surface area contributed by atoms with Crippen LogP contribution in [0.3, 0.4) is 0 Å². The zero-order chi connectivity index (χ0) is 24.8. The Hall–Kier alpha value is -2.64. The number of carboxylic acid groups (broad SMARTS) is 1. The van der Waals surface area contributed by atoms with Gasteiger partial charge in [-0.2, -0.15) is 0 Å². The first kappa shape index (κ1) is 24.1. The molecule has 3 aromatic rings. The minimum atomic E-state index is -3.72. The molecule has 35 heavy (non-hydrogen) atoms. The molecule has 4 atom stereocenters. The molecule has 0 radical (unpaired) electrons. The third-order valence-corrected chi connectivity index (χ3v) is 9.85. The molecule has 3 saturated carbocycles. The smallest absolute Gasteiger partial charge is 0.303 e. The second kappa shape index (κ2) is 9.10. The number of benzene rings is 2. The molecule has 186 valence electrons. The van der Waals surface area contributed by atoms with Crippen LogP contribution in [0.25, 0.3) is 21.9 Å². The Morgan fingerprint density at radius 1 is 1.11 bits per heavy atom. The Balaban J connectivity index is 1.36. The van der Waals surface area contributed by atoms with Crippen molar-refractivity contribution in [2.24, 2.45) is 23.2 Å². The molecule has 0 unspecified atom stereocenters. The van der Waals surface area contributed by atoms with Gasteiger partial charge in [0.05, 0.1) is 4.90 Å². The molecule has 3 aliphatic carbocycles. The lowest BCUT2D eigenvalue weighted by Gasteiger charge is -2.62. The van der Waals surface area contributed by atoms with Crippen LogP contribution in [0, 0.1) is 23.2 Å². The molecule has 0 saturated heterocycles. The Bertz CT molecular complexity index is 1390. The van der Waals surface area contributed by atoms with Gasteiger partial charge in [-0.15, -0.1) is 0 Å². The Morgan fingerprint density at radius 2 is 1.89 bits per heavy atom. The minimum absolute atomic E-state index is 0.125. The average molecular weight is 496 g/mol. The molecule has 3 fully saturated rings. The van der Waals surface area contributed by atoms with Gasteiger partial charge >= 0.3 is 5.97 Å². The van der Waals surface area contributed by atoms with Gasteiger partial charge in [-0.25, -0.2) is 13.1 Å². The lowest BCUT2D eigenvalue weighted by molar-refractivity contribution is -0.137. The van der Waals surface area contributed by atoms with Gasteiger partial charge in [0.15, 0.2) is 0 Å². The first-order valence-electron chi connectivity index (χ1n) is 12.5. The number of fused-ring (bicyclic) bond motifs is 5. The second-order valence-electron chi connectivity index (χ2n) is 10.8. The van der Waals surface area contributed by atoms with Gasteiger partial charge in [-0.05, 0) is 79.5 Å². The van der Waals surface area contributed by atoms with Gasteiger partial charge in [0.2, 0.25) is 10.0 Å². The molecule has 6 nitrogen and oxygen atoms in total. The number of aliphatic carboxylic acids is 1. The summed E-state index contributed by atoms with van der Waals surface area (Å²) in [6.45, 7) is 4.52. The number of hydrogen-bond acceptors (Lipinski definition) is 4. The highest BCUT2D eigenvalue weighted by Gasteiger charge is 2.58. The van der Waals surface area contributed by atoms with Gasteiger partial charge in [-0.3, -0.25) is 4.79 Å².